The standard InChI is InChI=1S/C16H27NO2/c1-5-14-10-13(6-7-16(14)19-4)8-9-17-15(11-18)12(2)3/h6-7,10,12,15,17-18H,5,8-9,11H2,1-4H3. The SMILES string of the molecule is CCc1cc(CCNC(CO)C(C)C)ccc1OC. The Kier molecular flexibility index (Phi) is 6.89. The molecule has 108 valence electrons. The number of hydrogen-bond donors (Lipinski definition) is 2. The molecule has 1 unspecified atom stereocenters. The van der Waals surface area contributed by atoms with Crippen molar-refractivity contribution in [3.8, 4) is 5.75 Å². The monoisotopic (exact) mass is 265 g/mol. The minimum Gasteiger partial charge on any atom is -0.496 e. The molecule has 0 radical (unpaired) electrons. The van der Waals surface area contributed by atoms with Crippen LogP contribution in [0.2, 0.25) is 0 Å². The summed E-state index contributed by atoms with van der Waals surface area (Å²) in [6.07, 6.45) is 1.95. The molecule has 0 bridgehead atoms. The topological polar surface area (TPSA) is 41.5 Å². The van der Waals surface area contributed by atoms with Crippen LogP contribution in [-0.4, -0.2) is 31.4 Å². The second-order valence-electron chi connectivity index (χ2n) is 5.24. The van der Waals surface area contributed by atoms with Crippen molar-refractivity contribution in [2.75, 3.05) is 20.3 Å². The Labute approximate surface area is 117 Å². The van der Waals surface area contributed by atoms with Gasteiger partial charge >= 0.3 is 0 Å². The van der Waals surface area contributed by atoms with Crippen LogP contribution in [0.5, 0.6) is 5.75 Å². The lowest BCUT2D eigenvalue weighted by atomic mass is 10.0. The molecule has 0 spiro atoms. The third-order valence-electron chi connectivity index (χ3n) is 3.55. The van der Waals surface area contributed by atoms with Gasteiger partial charge in [0.15, 0.2) is 0 Å². The predicted octanol–water partition coefficient (Wildman–Crippen LogP) is 2.41. The van der Waals surface area contributed by atoms with Gasteiger partial charge in [-0.2, -0.15) is 0 Å². The van der Waals surface area contributed by atoms with Crippen LogP contribution in [0.1, 0.15) is 31.9 Å². The van der Waals surface area contributed by atoms with Crippen molar-refractivity contribution >= 4 is 0 Å². The first kappa shape index (κ1) is 16.0. The van der Waals surface area contributed by atoms with Gasteiger partial charge in [-0.3, -0.25) is 0 Å². The van der Waals surface area contributed by atoms with E-state index < -0.39 is 0 Å². The van der Waals surface area contributed by atoms with Crippen molar-refractivity contribution < 1.29 is 9.84 Å². The molecule has 3 nitrogen and oxygen atoms in total. The Balaban J connectivity index is 2.54. The first-order valence-corrected chi connectivity index (χ1v) is 7.12. The molecule has 3 heteroatoms. The molecule has 1 atom stereocenters. The molecule has 1 aromatic carbocycles. The summed E-state index contributed by atoms with van der Waals surface area (Å²) < 4.78 is 5.33. The van der Waals surface area contributed by atoms with E-state index in [9.17, 15) is 5.11 Å². The maximum absolute atomic E-state index is 9.27. The minimum atomic E-state index is 0.184. The van der Waals surface area contributed by atoms with Gasteiger partial charge in [0.2, 0.25) is 0 Å². The number of aryl methyl sites for hydroxylation is 1. The Morgan fingerprint density at radius 3 is 2.58 bits per heavy atom. The van der Waals surface area contributed by atoms with E-state index in [1.807, 2.05) is 6.07 Å². The Morgan fingerprint density at radius 2 is 2.05 bits per heavy atom. The molecule has 0 heterocycles. The average molecular weight is 265 g/mol. The van der Waals surface area contributed by atoms with Crippen LogP contribution in [0.15, 0.2) is 18.2 Å². The summed E-state index contributed by atoms with van der Waals surface area (Å²) in [6, 6.07) is 6.55. The third-order valence-corrected chi connectivity index (χ3v) is 3.55. The fourth-order valence-corrected chi connectivity index (χ4v) is 2.18. The van der Waals surface area contributed by atoms with Gasteiger partial charge in [0.25, 0.3) is 0 Å². The highest BCUT2D eigenvalue weighted by molar-refractivity contribution is 5.37. The van der Waals surface area contributed by atoms with Crippen LogP contribution in [0, 0.1) is 5.92 Å². The largest absolute Gasteiger partial charge is 0.496 e. The zero-order valence-corrected chi connectivity index (χ0v) is 12.6. The fraction of sp³-hybridized carbons (Fsp3) is 0.625. The smallest absolute Gasteiger partial charge is 0.122 e. The highest BCUT2D eigenvalue weighted by Crippen LogP contribution is 2.20. The van der Waals surface area contributed by atoms with E-state index in [1.165, 1.54) is 11.1 Å². The first-order chi connectivity index (χ1) is 9.12. The van der Waals surface area contributed by atoms with Crippen LogP contribution >= 0.6 is 0 Å². The predicted molar refractivity (Wildman–Crippen MR) is 79.8 cm³/mol. The maximum Gasteiger partial charge on any atom is 0.122 e. The molecule has 2 N–H and O–H groups in total. The summed E-state index contributed by atoms with van der Waals surface area (Å²) in [7, 11) is 1.71. The molecule has 0 aliphatic heterocycles. The lowest BCUT2D eigenvalue weighted by Crippen LogP contribution is -2.38. The van der Waals surface area contributed by atoms with Crippen LogP contribution < -0.4 is 10.1 Å². The van der Waals surface area contributed by atoms with E-state index in [0.717, 1.165) is 25.1 Å². The van der Waals surface area contributed by atoms with E-state index in [4.69, 9.17) is 4.74 Å². The number of aliphatic hydroxyl groups excluding tert-OH is 1. The second kappa shape index (κ2) is 8.18. The minimum absolute atomic E-state index is 0.184. The molecule has 0 saturated carbocycles. The number of rotatable bonds is 8. The van der Waals surface area contributed by atoms with Crippen LogP contribution in [0.4, 0.5) is 0 Å². The van der Waals surface area contributed by atoms with E-state index in [2.05, 4.69) is 38.2 Å². The molecule has 0 amide bonds. The number of aliphatic hydroxyl groups is 1. The number of hydrogen-bond acceptors (Lipinski definition) is 3. The number of ether oxygens (including phenoxy) is 1. The van der Waals surface area contributed by atoms with Gasteiger partial charge in [0.1, 0.15) is 5.75 Å². The molecular formula is C16H27NO2. The lowest BCUT2D eigenvalue weighted by molar-refractivity contribution is 0.212. The molecule has 0 aliphatic carbocycles. The number of nitrogens with one attached hydrogen (secondary N) is 1. The molecule has 1 aromatic rings. The zero-order chi connectivity index (χ0) is 14.3. The summed E-state index contributed by atoms with van der Waals surface area (Å²) in [5.41, 5.74) is 2.56. The lowest BCUT2D eigenvalue weighted by Gasteiger charge is -2.20. The van der Waals surface area contributed by atoms with Crippen molar-refractivity contribution in [3.05, 3.63) is 29.3 Å². The molecule has 0 saturated heterocycles. The number of methoxy groups -OCH3 is 1. The Hall–Kier alpha value is -1.06. The molecule has 19 heavy (non-hydrogen) atoms. The molecule has 0 aliphatic rings. The molecule has 0 aromatic heterocycles. The number of benzene rings is 1. The maximum atomic E-state index is 9.27. The van der Waals surface area contributed by atoms with Gasteiger partial charge in [-0.15, -0.1) is 0 Å². The summed E-state index contributed by atoms with van der Waals surface area (Å²) in [5.74, 6) is 1.42. The fourth-order valence-electron chi connectivity index (χ4n) is 2.18. The zero-order valence-electron chi connectivity index (χ0n) is 12.6. The molecule has 1 rings (SSSR count). The van der Waals surface area contributed by atoms with Gasteiger partial charge in [-0.05, 0) is 42.5 Å². The summed E-state index contributed by atoms with van der Waals surface area (Å²) in [6.45, 7) is 7.47. The van der Waals surface area contributed by atoms with Gasteiger partial charge in [0.05, 0.1) is 13.7 Å². The molecule has 0 fully saturated rings. The van der Waals surface area contributed by atoms with E-state index >= 15 is 0 Å². The van der Waals surface area contributed by atoms with Crippen molar-refractivity contribution in [2.24, 2.45) is 5.92 Å². The Bertz CT molecular complexity index is 377. The van der Waals surface area contributed by atoms with Crippen LogP contribution in [-0.2, 0) is 12.8 Å². The Morgan fingerprint density at radius 1 is 1.32 bits per heavy atom. The highest BCUT2D eigenvalue weighted by Gasteiger charge is 2.10. The summed E-state index contributed by atoms with van der Waals surface area (Å²) >= 11 is 0. The van der Waals surface area contributed by atoms with E-state index in [-0.39, 0.29) is 12.6 Å². The van der Waals surface area contributed by atoms with Crippen molar-refractivity contribution in [1.29, 1.82) is 0 Å². The first-order valence-electron chi connectivity index (χ1n) is 7.12. The van der Waals surface area contributed by atoms with Crippen molar-refractivity contribution in [2.45, 2.75) is 39.7 Å². The van der Waals surface area contributed by atoms with Crippen LogP contribution in [0.25, 0.3) is 0 Å². The van der Waals surface area contributed by atoms with E-state index in [1.54, 1.807) is 7.11 Å². The highest BCUT2D eigenvalue weighted by atomic mass is 16.5. The van der Waals surface area contributed by atoms with Gasteiger partial charge in [-0.1, -0.05) is 32.9 Å². The average Bonchev–Trinajstić information content (AvgIpc) is 2.42. The van der Waals surface area contributed by atoms with Gasteiger partial charge in [0, 0.05) is 6.04 Å². The normalized spacial score (nSPS) is 12.7. The van der Waals surface area contributed by atoms with Crippen LogP contribution in [0.3, 0.4) is 0 Å². The summed E-state index contributed by atoms with van der Waals surface area (Å²) in [4.78, 5) is 0. The third kappa shape index (κ3) is 4.84. The quantitative estimate of drug-likeness (QED) is 0.758. The summed E-state index contributed by atoms with van der Waals surface area (Å²) in [5, 5.41) is 12.7. The van der Waals surface area contributed by atoms with E-state index in [0.29, 0.717) is 5.92 Å². The van der Waals surface area contributed by atoms with Gasteiger partial charge in [-0.25, -0.2) is 0 Å². The van der Waals surface area contributed by atoms with Crippen molar-refractivity contribution in [1.82, 2.24) is 5.32 Å². The second-order valence-corrected chi connectivity index (χ2v) is 5.24. The molecular weight excluding hydrogens is 238 g/mol. The van der Waals surface area contributed by atoms with Crippen molar-refractivity contribution in [3.63, 3.8) is 0 Å². The van der Waals surface area contributed by atoms with Gasteiger partial charge < -0.3 is 15.2 Å².